The lowest BCUT2D eigenvalue weighted by Crippen LogP contribution is -2.28. The zero-order chi connectivity index (χ0) is 13.8. The molecule has 0 radical (unpaired) electrons. The molecule has 0 unspecified atom stereocenters. The maximum Gasteiger partial charge on any atom is 0.388 e. The van der Waals surface area contributed by atoms with Crippen molar-refractivity contribution in [1.29, 1.82) is 0 Å². The number of pyridine rings is 1. The van der Waals surface area contributed by atoms with Crippen molar-refractivity contribution in [2.75, 3.05) is 19.0 Å². The van der Waals surface area contributed by atoms with Crippen LogP contribution in [0.25, 0.3) is 0 Å². The zero-order valence-electron chi connectivity index (χ0n) is 11.3. The molecule has 19 heavy (non-hydrogen) atoms. The number of benzene rings is 1. The van der Waals surface area contributed by atoms with Gasteiger partial charge in [0, 0.05) is 25.8 Å². The minimum absolute atomic E-state index is 0.388. The van der Waals surface area contributed by atoms with Gasteiger partial charge in [-0.15, -0.1) is 0 Å². The van der Waals surface area contributed by atoms with E-state index in [-0.39, 0.29) is 0 Å². The Morgan fingerprint density at radius 1 is 1.11 bits per heavy atom. The van der Waals surface area contributed by atoms with Crippen molar-refractivity contribution >= 4 is 17.2 Å². The van der Waals surface area contributed by atoms with Crippen molar-refractivity contribution < 1.29 is 9.94 Å². The second kappa shape index (κ2) is 5.48. The van der Waals surface area contributed by atoms with E-state index in [0.29, 0.717) is 5.82 Å². The van der Waals surface area contributed by atoms with E-state index in [1.54, 1.807) is 18.2 Å². The van der Waals surface area contributed by atoms with Gasteiger partial charge in [0.2, 0.25) is 0 Å². The van der Waals surface area contributed by atoms with Gasteiger partial charge in [-0.2, -0.15) is 0 Å². The molecule has 2 rings (SSSR count). The van der Waals surface area contributed by atoms with Gasteiger partial charge in [-0.3, -0.25) is 0 Å². The molecule has 1 heterocycles. The Morgan fingerprint density at radius 2 is 1.89 bits per heavy atom. The highest BCUT2D eigenvalue weighted by Crippen LogP contribution is 2.24. The Bertz CT molecular complexity index is 608. The van der Waals surface area contributed by atoms with E-state index in [4.69, 9.17) is 0 Å². The number of hydrogen-bond donors (Lipinski definition) is 1. The van der Waals surface area contributed by atoms with Crippen LogP contribution in [0.1, 0.15) is 5.56 Å². The third-order valence-corrected chi connectivity index (χ3v) is 2.78. The fraction of sp³-hybridized carbons (Fsp3) is 0.214. The van der Waals surface area contributed by atoms with Gasteiger partial charge in [0.05, 0.1) is 5.11 Å². The van der Waals surface area contributed by atoms with Gasteiger partial charge in [0.25, 0.3) is 0 Å². The summed E-state index contributed by atoms with van der Waals surface area (Å²) in [5.74, 6) is 0.388. The summed E-state index contributed by atoms with van der Waals surface area (Å²) in [5.41, 5.74) is 2.94. The summed E-state index contributed by atoms with van der Waals surface area (Å²) < 4.78 is 0.938. The molecule has 0 atom stereocenters. The summed E-state index contributed by atoms with van der Waals surface area (Å²) >= 11 is 0. The zero-order valence-corrected chi connectivity index (χ0v) is 11.3. The number of azo groups is 1. The van der Waals surface area contributed by atoms with Crippen LogP contribution in [0.15, 0.2) is 52.8 Å². The molecule has 1 aromatic heterocycles. The second-order valence-corrected chi connectivity index (χ2v) is 4.47. The van der Waals surface area contributed by atoms with Gasteiger partial charge in [0.15, 0.2) is 0 Å². The first-order valence-corrected chi connectivity index (χ1v) is 5.97. The first-order chi connectivity index (χ1) is 9.08. The SMILES string of the molecule is Cc1cc(N(C)C)ccc1N=Nc1cccc[n+]1O. The summed E-state index contributed by atoms with van der Waals surface area (Å²) in [6.07, 6.45) is 1.51. The first kappa shape index (κ1) is 13.0. The van der Waals surface area contributed by atoms with Gasteiger partial charge in [-0.05, 0) is 52.7 Å². The van der Waals surface area contributed by atoms with Crippen molar-refractivity contribution in [3.63, 3.8) is 0 Å². The highest BCUT2D eigenvalue weighted by Gasteiger charge is 2.08. The average Bonchev–Trinajstić information content (AvgIpc) is 2.39. The van der Waals surface area contributed by atoms with E-state index in [1.807, 2.05) is 44.1 Å². The molecule has 0 saturated carbocycles. The number of hydrogen-bond acceptors (Lipinski definition) is 4. The lowest BCUT2D eigenvalue weighted by atomic mass is 10.2. The molecule has 0 bridgehead atoms. The predicted molar refractivity (Wildman–Crippen MR) is 73.5 cm³/mol. The van der Waals surface area contributed by atoms with Crippen LogP contribution >= 0.6 is 0 Å². The van der Waals surface area contributed by atoms with Crippen molar-refractivity contribution in [3.05, 3.63) is 48.2 Å². The number of nitrogens with zero attached hydrogens (tertiary/aromatic N) is 4. The van der Waals surface area contributed by atoms with Gasteiger partial charge in [-0.25, -0.2) is 0 Å². The summed E-state index contributed by atoms with van der Waals surface area (Å²) in [5, 5.41) is 17.7. The normalized spacial score (nSPS) is 10.9. The van der Waals surface area contributed by atoms with E-state index >= 15 is 0 Å². The van der Waals surface area contributed by atoms with E-state index in [2.05, 4.69) is 10.2 Å². The number of anilines is 1. The van der Waals surface area contributed by atoms with Crippen LogP contribution in [-0.4, -0.2) is 19.3 Å². The highest BCUT2D eigenvalue weighted by molar-refractivity contribution is 5.56. The van der Waals surface area contributed by atoms with Crippen molar-refractivity contribution in [2.45, 2.75) is 6.92 Å². The maximum atomic E-state index is 9.53. The molecule has 0 aliphatic rings. The standard InChI is InChI=1S/C14H17N4O/c1-11-10-12(17(2)3)7-8-13(11)15-16-14-6-4-5-9-18(14)19/h4-10,19H,1-3H3/q+1. The summed E-state index contributed by atoms with van der Waals surface area (Å²) in [6, 6.07) is 11.1. The number of aryl methyl sites for hydroxylation is 1. The van der Waals surface area contributed by atoms with Crippen LogP contribution in [0.5, 0.6) is 0 Å². The monoisotopic (exact) mass is 257 g/mol. The Kier molecular flexibility index (Phi) is 3.75. The van der Waals surface area contributed by atoms with Gasteiger partial charge < -0.3 is 10.1 Å². The Balaban J connectivity index is 2.27. The lowest BCUT2D eigenvalue weighted by Gasteiger charge is -2.12. The molecule has 5 nitrogen and oxygen atoms in total. The van der Waals surface area contributed by atoms with Gasteiger partial charge in [-0.1, -0.05) is 0 Å². The largest absolute Gasteiger partial charge is 0.388 e. The molecule has 5 heteroatoms. The second-order valence-electron chi connectivity index (χ2n) is 4.47. The Morgan fingerprint density at radius 3 is 2.53 bits per heavy atom. The molecule has 1 N–H and O–H groups in total. The number of aromatic nitrogens is 1. The van der Waals surface area contributed by atoms with E-state index < -0.39 is 0 Å². The van der Waals surface area contributed by atoms with Gasteiger partial charge >= 0.3 is 5.82 Å². The fourth-order valence-corrected chi connectivity index (χ4v) is 1.64. The summed E-state index contributed by atoms with van der Waals surface area (Å²) in [4.78, 5) is 2.03. The van der Waals surface area contributed by atoms with Crippen molar-refractivity contribution in [3.8, 4) is 0 Å². The third-order valence-electron chi connectivity index (χ3n) is 2.78. The topological polar surface area (TPSA) is 52.1 Å². The minimum atomic E-state index is 0.388. The number of rotatable bonds is 3. The van der Waals surface area contributed by atoms with Crippen LogP contribution in [-0.2, 0) is 0 Å². The lowest BCUT2D eigenvalue weighted by molar-refractivity contribution is -0.894. The quantitative estimate of drug-likeness (QED) is 0.522. The van der Waals surface area contributed by atoms with E-state index in [9.17, 15) is 5.21 Å². The third kappa shape index (κ3) is 3.07. The molecule has 98 valence electrons. The Labute approximate surface area is 112 Å². The fourth-order valence-electron chi connectivity index (χ4n) is 1.64. The molecular formula is C14H17N4O+. The van der Waals surface area contributed by atoms with Crippen LogP contribution in [0, 0.1) is 6.92 Å². The van der Waals surface area contributed by atoms with Crippen LogP contribution < -0.4 is 9.63 Å². The molecule has 0 saturated heterocycles. The van der Waals surface area contributed by atoms with Crippen molar-refractivity contribution in [1.82, 2.24) is 0 Å². The van der Waals surface area contributed by atoms with Crippen LogP contribution in [0.3, 0.4) is 0 Å². The molecule has 0 spiro atoms. The molecule has 0 amide bonds. The maximum absolute atomic E-state index is 9.53. The molecule has 2 aromatic rings. The molecular weight excluding hydrogens is 240 g/mol. The molecule has 0 aliphatic heterocycles. The summed E-state index contributed by atoms with van der Waals surface area (Å²) in [6.45, 7) is 1.99. The van der Waals surface area contributed by atoms with Crippen LogP contribution in [0.2, 0.25) is 0 Å². The molecule has 0 aliphatic carbocycles. The Hall–Kier alpha value is -2.43. The first-order valence-electron chi connectivity index (χ1n) is 5.97. The summed E-state index contributed by atoms with van der Waals surface area (Å²) in [7, 11) is 3.99. The van der Waals surface area contributed by atoms with Gasteiger partial charge in [0.1, 0.15) is 11.9 Å². The van der Waals surface area contributed by atoms with Crippen molar-refractivity contribution in [2.24, 2.45) is 10.2 Å². The molecule has 1 aromatic carbocycles. The average molecular weight is 257 g/mol. The van der Waals surface area contributed by atoms with E-state index in [0.717, 1.165) is 21.7 Å². The van der Waals surface area contributed by atoms with E-state index in [1.165, 1.54) is 6.20 Å². The minimum Gasteiger partial charge on any atom is -0.378 e. The highest BCUT2D eigenvalue weighted by atomic mass is 16.5. The van der Waals surface area contributed by atoms with Crippen LogP contribution in [0.4, 0.5) is 17.2 Å². The predicted octanol–water partition coefficient (Wildman–Crippen LogP) is 3.00. The smallest absolute Gasteiger partial charge is 0.378 e. The molecule has 0 fully saturated rings.